The fraction of sp³-hybridized carbons (Fsp3) is 0.692. The van der Waals surface area contributed by atoms with Crippen molar-refractivity contribution in [1.29, 1.82) is 0 Å². The lowest BCUT2D eigenvalue weighted by atomic mass is 10.2. The van der Waals surface area contributed by atoms with Crippen LogP contribution in [0.4, 0.5) is 0 Å². The van der Waals surface area contributed by atoms with Gasteiger partial charge < -0.3 is 19.7 Å². The molecular weight excluding hydrogens is 244 g/mol. The quantitative estimate of drug-likeness (QED) is 0.743. The van der Waals surface area contributed by atoms with E-state index in [1.165, 1.54) is 0 Å². The third kappa shape index (κ3) is 4.50. The maximum Gasteiger partial charge on any atom is 0.158 e. The Labute approximate surface area is 114 Å². The van der Waals surface area contributed by atoms with Gasteiger partial charge in [0.05, 0.1) is 13.2 Å². The molecule has 0 spiro atoms. The minimum atomic E-state index is -0.00532. The van der Waals surface area contributed by atoms with Crippen molar-refractivity contribution >= 4 is 0 Å². The first-order chi connectivity index (χ1) is 9.29. The zero-order chi connectivity index (χ0) is 13.5. The largest absolute Gasteiger partial charge is 0.383 e. The Morgan fingerprint density at radius 1 is 1.47 bits per heavy atom. The third-order valence-corrected chi connectivity index (χ3v) is 3.09. The van der Waals surface area contributed by atoms with Gasteiger partial charge >= 0.3 is 0 Å². The predicted octanol–water partition coefficient (Wildman–Crippen LogP) is 0.216. The maximum atomic E-state index is 5.69. The number of rotatable bonds is 6. The standard InChI is InChI=1S/C13H22N4O2/c1-17-4-6-19-12(10-17)13-15-8-11(9-16-13)7-14-3-5-18-2/h8-9,12,14H,3-7,10H2,1-2H3. The molecule has 106 valence electrons. The second kappa shape index (κ2) is 7.49. The number of aromatic nitrogens is 2. The van der Waals surface area contributed by atoms with Crippen molar-refractivity contribution in [2.45, 2.75) is 12.6 Å². The average Bonchev–Trinajstić information content (AvgIpc) is 2.44. The molecule has 19 heavy (non-hydrogen) atoms. The second-order valence-electron chi connectivity index (χ2n) is 4.74. The van der Waals surface area contributed by atoms with E-state index in [0.29, 0.717) is 6.61 Å². The fourth-order valence-corrected chi connectivity index (χ4v) is 1.96. The topological polar surface area (TPSA) is 59.5 Å². The second-order valence-corrected chi connectivity index (χ2v) is 4.74. The normalized spacial score (nSPS) is 20.6. The molecule has 0 amide bonds. The van der Waals surface area contributed by atoms with Gasteiger partial charge in [-0.1, -0.05) is 0 Å². The van der Waals surface area contributed by atoms with Gasteiger partial charge in [-0.3, -0.25) is 0 Å². The maximum absolute atomic E-state index is 5.69. The summed E-state index contributed by atoms with van der Waals surface area (Å²) < 4.78 is 10.7. The Morgan fingerprint density at radius 3 is 2.95 bits per heavy atom. The lowest BCUT2D eigenvalue weighted by Crippen LogP contribution is -2.36. The highest BCUT2D eigenvalue weighted by atomic mass is 16.5. The van der Waals surface area contributed by atoms with Crippen LogP contribution in [0.2, 0.25) is 0 Å². The molecule has 1 aliphatic rings. The van der Waals surface area contributed by atoms with Crippen molar-refractivity contribution in [2.24, 2.45) is 0 Å². The highest BCUT2D eigenvalue weighted by molar-refractivity contribution is 5.06. The van der Waals surface area contributed by atoms with Crippen LogP contribution in [-0.4, -0.2) is 61.9 Å². The highest BCUT2D eigenvalue weighted by Gasteiger charge is 2.21. The molecule has 2 rings (SSSR count). The highest BCUT2D eigenvalue weighted by Crippen LogP contribution is 2.17. The Balaban J connectivity index is 1.83. The number of methoxy groups -OCH3 is 1. The van der Waals surface area contributed by atoms with Crippen LogP contribution in [0.15, 0.2) is 12.4 Å². The van der Waals surface area contributed by atoms with E-state index < -0.39 is 0 Å². The summed E-state index contributed by atoms with van der Waals surface area (Å²) in [6.45, 7) is 4.86. The van der Waals surface area contributed by atoms with E-state index in [4.69, 9.17) is 9.47 Å². The summed E-state index contributed by atoms with van der Waals surface area (Å²) in [5, 5.41) is 3.26. The van der Waals surface area contributed by atoms with Crippen molar-refractivity contribution in [1.82, 2.24) is 20.2 Å². The van der Waals surface area contributed by atoms with Crippen LogP contribution < -0.4 is 5.32 Å². The molecule has 1 aromatic rings. The first kappa shape index (κ1) is 14.3. The van der Waals surface area contributed by atoms with Crippen molar-refractivity contribution in [2.75, 3.05) is 47.0 Å². The lowest BCUT2D eigenvalue weighted by Gasteiger charge is -2.28. The Hall–Kier alpha value is -1.08. The van der Waals surface area contributed by atoms with E-state index in [2.05, 4.69) is 27.2 Å². The van der Waals surface area contributed by atoms with E-state index in [0.717, 1.165) is 44.2 Å². The van der Waals surface area contributed by atoms with Crippen LogP contribution in [-0.2, 0) is 16.0 Å². The summed E-state index contributed by atoms with van der Waals surface area (Å²) in [7, 11) is 3.78. The molecule has 1 aromatic heterocycles. The minimum Gasteiger partial charge on any atom is -0.383 e. The molecular formula is C13H22N4O2. The van der Waals surface area contributed by atoms with Gasteiger partial charge in [-0.2, -0.15) is 0 Å². The number of likely N-dealkylation sites (N-methyl/N-ethyl adjacent to an activating group) is 1. The molecule has 1 fully saturated rings. The summed E-state index contributed by atoms with van der Waals surface area (Å²) in [6.07, 6.45) is 3.72. The lowest BCUT2D eigenvalue weighted by molar-refractivity contribution is -0.0255. The summed E-state index contributed by atoms with van der Waals surface area (Å²) in [5.41, 5.74) is 1.07. The first-order valence-corrected chi connectivity index (χ1v) is 6.60. The van der Waals surface area contributed by atoms with Crippen LogP contribution in [0.25, 0.3) is 0 Å². The van der Waals surface area contributed by atoms with E-state index >= 15 is 0 Å². The first-order valence-electron chi connectivity index (χ1n) is 6.60. The molecule has 2 heterocycles. The smallest absolute Gasteiger partial charge is 0.158 e. The fourth-order valence-electron chi connectivity index (χ4n) is 1.96. The Kier molecular flexibility index (Phi) is 5.65. The van der Waals surface area contributed by atoms with Crippen LogP contribution >= 0.6 is 0 Å². The van der Waals surface area contributed by atoms with Crippen molar-refractivity contribution in [3.05, 3.63) is 23.8 Å². The number of nitrogens with zero attached hydrogens (tertiary/aromatic N) is 3. The van der Waals surface area contributed by atoms with E-state index in [9.17, 15) is 0 Å². The number of hydrogen-bond donors (Lipinski definition) is 1. The van der Waals surface area contributed by atoms with Gasteiger partial charge in [0.1, 0.15) is 6.10 Å². The molecule has 1 unspecified atom stereocenters. The summed E-state index contributed by atoms with van der Waals surface area (Å²) >= 11 is 0. The summed E-state index contributed by atoms with van der Waals surface area (Å²) in [6, 6.07) is 0. The molecule has 0 bridgehead atoms. The van der Waals surface area contributed by atoms with Crippen LogP contribution in [0.1, 0.15) is 17.5 Å². The summed E-state index contributed by atoms with van der Waals surface area (Å²) in [4.78, 5) is 11.0. The predicted molar refractivity (Wildman–Crippen MR) is 71.8 cm³/mol. The van der Waals surface area contributed by atoms with E-state index in [1.807, 2.05) is 12.4 Å². The molecule has 1 saturated heterocycles. The Bertz CT molecular complexity index is 371. The summed E-state index contributed by atoms with van der Waals surface area (Å²) in [5.74, 6) is 0.771. The van der Waals surface area contributed by atoms with Gasteiger partial charge in [0, 0.05) is 51.2 Å². The van der Waals surface area contributed by atoms with Gasteiger partial charge in [0.15, 0.2) is 5.82 Å². The zero-order valence-electron chi connectivity index (χ0n) is 11.6. The number of ether oxygens (including phenoxy) is 2. The van der Waals surface area contributed by atoms with Crippen molar-refractivity contribution in [3.8, 4) is 0 Å². The monoisotopic (exact) mass is 266 g/mol. The van der Waals surface area contributed by atoms with Crippen LogP contribution in [0.3, 0.4) is 0 Å². The molecule has 1 atom stereocenters. The van der Waals surface area contributed by atoms with Crippen molar-refractivity contribution in [3.63, 3.8) is 0 Å². The minimum absolute atomic E-state index is 0.00532. The number of hydrogen-bond acceptors (Lipinski definition) is 6. The van der Waals surface area contributed by atoms with Gasteiger partial charge in [0.25, 0.3) is 0 Å². The van der Waals surface area contributed by atoms with Gasteiger partial charge in [-0.15, -0.1) is 0 Å². The average molecular weight is 266 g/mol. The molecule has 1 aliphatic heterocycles. The number of nitrogens with one attached hydrogen (secondary N) is 1. The molecule has 6 nitrogen and oxygen atoms in total. The molecule has 0 aromatic carbocycles. The van der Waals surface area contributed by atoms with Crippen molar-refractivity contribution < 1.29 is 9.47 Å². The van der Waals surface area contributed by atoms with Gasteiger partial charge in [-0.25, -0.2) is 9.97 Å². The van der Waals surface area contributed by atoms with Gasteiger partial charge in [0.2, 0.25) is 0 Å². The third-order valence-electron chi connectivity index (χ3n) is 3.09. The van der Waals surface area contributed by atoms with E-state index in [1.54, 1.807) is 7.11 Å². The molecule has 1 N–H and O–H groups in total. The SMILES string of the molecule is COCCNCc1cnc(C2CN(C)CCO2)nc1. The Morgan fingerprint density at radius 2 is 2.26 bits per heavy atom. The van der Waals surface area contributed by atoms with Gasteiger partial charge in [-0.05, 0) is 7.05 Å². The molecule has 0 aliphatic carbocycles. The molecule has 0 radical (unpaired) electrons. The van der Waals surface area contributed by atoms with Crippen LogP contribution in [0, 0.1) is 0 Å². The number of morpholine rings is 1. The zero-order valence-corrected chi connectivity index (χ0v) is 11.6. The molecule has 6 heteroatoms. The molecule has 0 saturated carbocycles. The van der Waals surface area contributed by atoms with Crippen LogP contribution in [0.5, 0.6) is 0 Å². The van der Waals surface area contributed by atoms with E-state index in [-0.39, 0.29) is 6.10 Å².